The van der Waals surface area contributed by atoms with Crippen molar-refractivity contribution in [1.29, 1.82) is 0 Å². The second-order valence-corrected chi connectivity index (χ2v) is 4.16. The van der Waals surface area contributed by atoms with Crippen molar-refractivity contribution in [3.8, 4) is 0 Å². The second-order valence-electron chi connectivity index (χ2n) is 3.78. The second kappa shape index (κ2) is 6.39. The zero-order valence-electron chi connectivity index (χ0n) is 9.94. The lowest BCUT2D eigenvalue weighted by Gasteiger charge is -2.14. The molecular formula is C11H16ClN3O2. The lowest BCUT2D eigenvalue weighted by atomic mass is 10.3. The van der Waals surface area contributed by atoms with Gasteiger partial charge in [0.15, 0.2) is 0 Å². The smallest absolute Gasteiger partial charge is 0.255 e. The average Bonchev–Trinajstić information content (AvgIpc) is 2.28. The molecule has 0 bridgehead atoms. The van der Waals surface area contributed by atoms with E-state index in [1.807, 2.05) is 6.92 Å². The zero-order chi connectivity index (χ0) is 12.8. The van der Waals surface area contributed by atoms with Crippen LogP contribution in [0.3, 0.4) is 0 Å². The molecule has 1 rings (SSSR count). The third-order valence-electron chi connectivity index (χ3n) is 2.43. The standard InChI is InChI=1S/C11H16ClN3O2/c1-3-4-5-13-11(17)8(2)15-7-14-9(12)6-10(15)16/h6-8H,3-5H2,1-2H3,(H,13,17). The van der Waals surface area contributed by atoms with Crippen LogP contribution >= 0.6 is 11.6 Å². The molecule has 17 heavy (non-hydrogen) atoms. The molecule has 5 nitrogen and oxygen atoms in total. The molecule has 94 valence electrons. The number of hydrogen-bond acceptors (Lipinski definition) is 3. The number of amides is 1. The van der Waals surface area contributed by atoms with Gasteiger partial charge in [-0.05, 0) is 13.3 Å². The van der Waals surface area contributed by atoms with Crippen LogP contribution in [0.15, 0.2) is 17.2 Å². The van der Waals surface area contributed by atoms with Gasteiger partial charge in [0.05, 0.1) is 6.33 Å². The Morgan fingerprint density at radius 1 is 1.65 bits per heavy atom. The van der Waals surface area contributed by atoms with Crippen LogP contribution in [-0.4, -0.2) is 22.0 Å². The molecule has 0 saturated carbocycles. The van der Waals surface area contributed by atoms with E-state index in [0.717, 1.165) is 12.8 Å². The van der Waals surface area contributed by atoms with Gasteiger partial charge in [-0.2, -0.15) is 0 Å². The van der Waals surface area contributed by atoms with Crippen molar-refractivity contribution < 1.29 is 4.79 Å². The Morgan fingerprint density at radius 3 is 2.94 bits per heavy atom. The fraction of sp³-hybridized carbons (Fsp3) is 0.545. The van der Waals surface area contributed by atoms with E-state index < -0.39 is 6.04 Å². The van der Waals surface area contributed by atoms with Gasteiger partial charge >= 0.3 is 0 Å². The van der Waals surface area contributed by atoms with Crippen LogP contribution in [0.1, 0.15) is 32.7 Å². The summed E-state index contributed by atoms with van der Waals surface area (Å²) in [5, 5.41) is 2.89. The van der Waals surface area contributed by atoms with E-state index in [0.29, 0.717) is 6.54 Å². The molecule has 1 atom stereocenters. The van der Waals surface area contributed by atoms with E-state index in [2.05, 4.69) is 10.3 Å². The summed E-state index contributed by atoms with van der Waals surface area (Å²) in [6.07, 6.45) is 3.22. The number of nitrogens with zero attached hydrogens (tertiary/aromatic N) is 2. The number of hydrogen-bond donors (Lipinski definition) is 1. The molecule has 0 radical (unpaired) electrons. The first-order chi connectivity index (χ1) is 8.06. The molecule has 0 aromatic carbocycles. The normalized spacial score (nSPS) is 12.2. The summed E-state index contributed by atoms with van der Waals surface area (Å²) in [5.74, 6) is -0.190. The third kappa shape index (κ3) is 3.85. The summed E-state index contributed by atoms with van der Waals surface area (Å²) in [4.78, 5) is 27.1. The van der Waals surface area contributed by atoms with E-state index in [1.54, 1.807) is 6.92 Å². The molecular weight excluding hydrogens is 242 g/mol. The highest BCUT2D eigenvalue weighted by Gasteiger charge is 2.15. The topological polar surface area (TPSA) is 64.0 Å². The number of unbranched alkanes of at least 4 members (excludes halogenated alkanes) is 1. The number of carbonyl (C=O) groups excluding carboxylic acids is 1. The van der Waals surface area contributed by atoms with Gasteiger partial charge in [0.25, 0.3) is 5.56 Å². The Hall–Kier alpha value is -1.36. The average molecular weight is 258 g/mol. The predicted octanol–water partition coefficient (Wildman–Crippen LogP) is 1.37. The quantitative estimate of drug-likeness (QED) is 0.640. The van der Waals surface area contributed by atoms with Crippen LogP contribution in [-0.2, 0) is 4.79 Å². The molecule has 0 aliphatic carbocycles. The molecule has 0 saturated heterocycles. The lowest BCUT2D eigenvalue weighted by molar-refractivity contribution is -0.123. The van der Waals surface area contributed by atoms with Gasteiger partial charge in [0, 0.05) is 12.6 Å². The summed E-state index contributed by atoms with van der Waals surface area (Å²) in [6, 6.07) is 0.612. The van der Waals surface area contributed by atoms with E-state index in [9.17, 15) is 9.59 Å². The van der Waals surface area contributed by atoms with Crippen LogP contribution in [0.4, 0.5) is 0 Å². The van der Waals surface area contributed by atoms with Crippen LogP contribution in [0, 0.1) is 0 Å². The van der Waals surface area contributed by atoms with Gasteiger partial charge in [-0.3, -0.25) is 14.2 Å². The van der Waals surface area contributed by atoms with Gasteiger partial charge in [0.2, 0.25) is 5.91 Å². The van der Waals surface area contributed by atoms with Crippen molar-refractivity contribution in [1.82, 2.24) is 14.9 Å². The molecule has 0 spiro atoms. The van der Waals surface area contributed by atoms with E-state index >= 15 is 0 Å². The Bertz CT molecular complexity index is 445. The van der Waals surface area contributed by atoms with Crippen molar-refractivity contribution >= 4 is 17.5 Å². The minimum Gasteiger partial charge on any atom is -0.354 e. The van der Waals surface area contributed by atoms with Gasteiger partial charge < -0.3 is 5.32 Å². The first kappa shape index (κ1) is 13.7. The summed E-state index contributed by atoms with van der Waals surface area (Å²) < 4.78 is 1.26. The van der Waals surface area contributed by atoms with Crippen LogP contribution in [0.5, 0.6) is 0 Å². The fourth-order valence-electron chi connectivity index (χ4n) is 1.34. The van der Waals surface area contributed by atoms with Crippen LogP contribution in [0.2, 0.25) is 5.15 Å². The van der Waals surface area contributed by atoms with Gasteiger partial charge in [-0.25, -0.2) is 4.98 Å². The molecule has 0 fully saturated rings. The van der Waals surface area contributed by atoms with Crippen LogP contribution in [0.25, 0.3) is 0 Å². The third-order valence-corrected chi connectivity index (χ3v) is 2.64. The van der Waals surface area contributed by atoms with Crippen molar-refractivity contribution in [2.24, 2.45) is 0 Å². The van der Waals surface area contributed by atoms with Crippen molar-refractivity contribution in [3.63, 3.8) is 0 Å². The highest BCUT2D eigenvalue weighted by atomic mass is 35.5. The summed E-state index contributed by atoms with van der Waals surface area (Å²) in [7, 11) is 0. The molecule has 0 aliphatic heterocycles. The zero-order valence-corrected chi connectivity index (χ0v) is 10.7. The number of nitrogens with one attached hydrogen (secondary N) is 1. The molecule has 1 aromatic rings. The van der Waals surface area contributed by atoms with Crippen molar-refractivity contribution in [3.05, 3.63) is 27.9 Å². The molecule has 1 N–H and O–H groups in total. The minimum absolute atomic E-state index is 0.129. The highest BCUT2D eigenvalue weighted by Crippen LogP contribution is 2.04. The molecule has 1 aromatic heterocycles. The van der Waals surface area contributed by atoms with Gasteiger partial charge in [0.1, 0.15) is 11.2 Å². The van der Waals surface area contributed by atoms with Crippen LogP contribution < -0.4 is 10.9 Å². The Balaban J connectivity index is 2.71. The van der Waals surface area contributed by atoms with Gasteiger partial charge in [-0.1, -0.05) is 24.9 Å². The Morgan fingerprint density at radius 2 is 2.35 bits per heavy atom. The monoisotopic (exact) mass is 257 g/mol. The molecule has 1 unspecified atom stereocenters. The molecule has 1 amide bonds. The molecule has 6 heteroatoms. The highest BCUT2D eigenvalue weighted by molar-refractivity contribution is 6.29. The lowest BCUT2D eigenvalue weighted by Crippen LogP contribution is -2.36. The first-order valence-corrected chi connectivity index (χ1v) is 5.95. The number of halogens is 1. The van der Waals surface area contributed by atoms with E-state index in [-0.39, 0.29) is 16.6 Å². The number of carbonyl (C=O) groups is 1. The number of aromatic nitrogens is 2. The maximum atomic E-state index is 11.7. The van der Waals surface area contributed by atoms with Crippen molar-refractivity contribution in [2.45, 2.75) is 32.7 Å². The summed E-state index contributed by atoms with van der Waals surface area (Å²) in [5.41, 5.74) is -0.330. The Kier molecular flexibility index (Phi) is 5.15. The first-order valence-electron chi connectivity index (χ1n) is 5.57. The molecule has 1 heterocycles. The Labute approximate surface area is 105 Å². The number of rotatable bonds is 5. The maximum Gasteiger partial charge on any atom is 0.255 e. The van der Waals surface area contributed by atoms with Gasteiger partial charge in [-0.15, -0.1) is 0 Å². The summed E-state index contributed by atoms with van der Waals surface area (Å²) >= 11 is 5.58. The van der Waals surface area contributed by atoms with Crippen molar-refractivity contribution in [2.75, 3.05) is 6.54 Å². The maximum absolute atomic E-state index is 11.7. The van der Waals surface area contributed by atoms with E-state index in [1.165, 1.54) is 17.0 Å². The largest absolute Gasteiger partial charge is 0.354 e. The molecule has 0 aliphatic rings. The van der Waals surface area contributed by atoms with E-state index in [4.69, 9.17) is 11.6 Å². The SMILES string of the molecule is CCCCNC(=O)C(C)n1cnc(Cl)cc1=O. The fourth-order valence-corrected chi connectivity index (χ4v) is 1.48. The summed E-state index contributed by atoms with van der Waals surface area (Å²) in [6.45, 7) is 4.32. The minimum atomic E-state index is -0.580. The predicted molar refractivity (Wildman–Crippen MR) is 66.1 cm³/mol.